The average molecular weight is 626 g/mol. The van der Waals surface area contributed by atoms with Crippen molar-refractivity contribution in [3.8, 4) is 16.9 Å². The van der Waals surface area contributed by atoms with Crippen LogP contribution < -0.4 is 26.8 Å². The topological polar surface area (TPSA) is 162 Å². The van der Waals surface area contributed by atoms with Crippen LogP contribution in [-0.2, 0) is 23.4 Å². The second-order valence-electron chi connectivity index (χ2n) is 8.24. The minimum absolute atomic E-state index is 0.0382. The van der Waals surface area contributed by atoms with E-state index in [1.165, 1.54) is 12.1 Å². The Morgan fingerprint density at radius 2 is 1.73 bits per heavy atom. The van der Waals surface area contributed by atoms with Gasteiger partial charge >= 0.3 is 16.3 Å². The molecule has 208 valence electrons. The number of hydrogen-bond acceptors (Lipinski definition) is 8. The number of halogens is 4. The molecule has 6 N–H and O–H groups in total. The van der Waals surface area contributed by atoms with E-state index < -0.39 is 21.1 Å². The molecule has 0 radical (unpaired) electrons. The van der Waals surface area contributed by atoms with Gasteiger partial charge in [0.25, 0.3) is 0 Å². The van der Waals surface area contributed by atoms with Crippen LogP contribution >= 0.6 is 34.8 Å². The van der Waals surface area contributed by atoms with E-state index >= 15 is 0 Å². The minimum Gasteiger partial charge on any atom is -0.486 e. The zero-order valence-corrected chi connectivity index (χ0v) is 23.4. The number of nitrogens with one attached hydrogen (secondary N) is 2. The van der Waals surface area contributed by atoms with Gasteiger partial charge in [-0.15, -0.1) is 3.89 Å². The quantitative estimate of drug-likeness (QED) is 0.178. The van der Waals surface area contributed by atoms with E-state index in [0.29, 0.717) is 38.2 Å². The summed E-state index contributed by atoms with van der Waals surface area (Å²) in [5, 5.41) is 5.99. The van der Waals surface area contributed by atoms with Crippen LogP contribution in [0.3, 0.4) is 0 Å². The van der Waals surface area contributed by atoms with Crippen LogP contribution in [0.25, 0.3) is 11.1 Å². The van der Waals surface area contributed by atoms with Crippen LogP contribution in [0.15, 0.2) is 65.6 Å². The maximum atomic E-state index is 13.2. The van der Waals surface area contributed by atoms with Gasteiger partial charge in [-0.3, -0.25) is 0 Å². The monoisotopic (exact) mass is 624 g/mol. The number of carbonyl (C=O) groups is 1. The van der Waals surface area contributed by atoms with Gasteiger partial charge in [0.2, 0.25) is 5.95 Å². The standard InChI is InChI=1S/C25H20Cl3FN6O4S/c26-17-6-5-14(9-18(17)27)22-20(34-24(31)35-23(22)30)12-39-21-7-4-13(8-19(21)28)11-32-25(36)33-15-2-1-3-16(10-15)40(29,37)38/h1-10H,11-12H2,(H2,32,33,36)(H4,30,31,34,35). The fourth-order valence-electron chi connectivity index (χ4n) is 3.62. The first-order valence-corrected chi connectivity index (χ1v) is 13.8. The molecule has 0 saturated carbocycles. The fourth-order valence-corrected chi connectivity index (χ4v) is 4.68. The van der Waals surface area contributed by atoms with Gasteiger partial charge in [0.05, 0.1) is 20.8 Å². The maximum absolute atomic E-state index is 13.2. The number of nitrogens with two attached hydrogens (primary N) is 2. The highest BCUT2D eigenvalue weighted by molar-refractivity contribution is 7.86. The summed E-state index contributed by atoms with van der Waals surface area (Å²) in [5.41, 5.74) is 14.2. The van der Waals surface area contributed by atoms with E-state index in [1.54, 1.807) is 36.4 Å². The lowest BCUT2D eigenvalue weighted by Crippen LogP contribution is -2.28. The molecule has 0 atom stereocenters. The lowest BCUT2D eigenvalue weighted by molar-refractivity contribution is 0.251. The number of hydrogen-bond donors (Lipinski definition) is 4. The molecule has 0 aliphatic heterocycles. The van der Waals surface area contributed by atoms with Crippen LogP contribution in [0.1, 0.15) is 11.3 Å². The normalized spacial score (nSPS) is 11.2. The van der Waals surface area contributed by atoms with Crippen molar-refractivity contribution >= 4 is 68.5 Å². The summed E-state index contributed by atoms with van der Waals surface area (Å²) in [4.78, 5) is 20.0. The van der Waals surface area contributed by atoms with Gasteiger partial charge in [-0.1, -0.05) is 53.0 Å². The van der Waals surface area contributed by atoms with Crippen molar-refractivity contribution in [3.63, 3.8) is 0 Å². The molecule has 0 aliphatic rings. The summed E-state index contributed by atoms with van der Waals surface area (Å²) in [6, 6.07) is 14.0. The first-order valence-electron chi connectivity index (χ1n) is 11.3. The molecular weight excluding hydrogens is 606 g/mol. The van der Waals surface area contributed by atoms with Gasteiger partial charge in [0.1, 0.15) is 23.1 Å². The summed E-state index contributed by atoms with van der Waals surface area (Å²) < 4.78 is 41.2. The molecule has 4 aromatic rings. The number of nitrogens with zero attached hydrogens (tertiary/aromatic N) is 2. The van der Waals surface area contributed by atoms with Crippen LogP contribution in [-0.4, -0.2) is 24.4 Å². The zero-order valence-electron chi connectivity index (χ0n) is 20.3. The number of amides is 2. The molecule has 15 heteroatoms. The molecule has 0 saturated heterocycles. The first kappa shape index (κ1) is 29.2. The molecule has 1 heterocycles. The van der Waals surface area contributed by atoms with Crippen molar-refractivity contribution in [1.29, 1.82) is 0 Å². The van der Waals surface area contributed by atoms with Gasteiger partial charge in [0, 0.05) is 17.8 Å². The lowest BCUT2D eigenvalue weighted by atomic mass is 10.0. The summed E-state index contributed by atoms with van der Waals surface area (Å²) in [5.74, 6) is 0.423. The third kappa shape index (κ3) is 7.21. The molecule has 0 unspecified atom stereocenters. The molecular formula is C25H20Cl3FN6O4S. The summed E-state index contributed by atoms with van der Waals surface area (Å²) in [6.07, 6.45) is 0. The summed E-state index contributed by atoms with van der Waals surface area (Å²) in [6.45, 7) is 0.0211. The summed E-state index contributed by atoms with van der Waals surface area (Å²) >= 11 is 18.6. The van der Waals surface area contributed by atoms with Crippen LogP contribution in [0.4, 0.5) is 26.1 Å². The van der Waals surface area contributed by atoms with E-state index in [9.17, 15) is 17.1 Å². The van der Waals surface area contributed by atoms with Crippen LogP contribution in [0.5, 0.6) is 5.75 Å². The predicted octanol–water partition coefficient (Wildman–Crippen LogP) is 5.83. The molecule has 10 nitrogen and oxygen atoms in total. The number of nitrogen functional groups attached to an aromatic ring is 2. The van der Waals surface area contributed by atoms with Crippen molar-refractivity contribution in [1.82, 2.24) is 15.3 Å². The third-order valence-electron chi connectivity index (χ3n) is 5.42. The Bertz CT molecular complexity index is 1710. The number of carbonyl (C=O) groups excluding carboxylic acids is 1. The number of rotatable bonds is 8. The van der Waals surface area contributed by atoms with Crippen molar-refractivity contribution in [2.75, 3.05) is 16.8 Å². The number of benzene rings is 3. The Balaban J connectivity index is 1.42. The maximum Gasteiger partial charge on any atom is 0.332 e. The van der Waals surface area contributed by atoms with E-state index in [-0.39, 0.29) is 35.6 Å². The fraction of sp³-hybridized carbons (Fsp3) is 0.0800. The SMILES string of the molecule is Nc1nc(N)c(-c2ccc(Cl)c(Cl)c2)c(COc2ccc(CNC(=O)Nc3cccc(S(=O)(=O)F)c3)cc2Cl)n1. The van der Waals surface area contributed by atoms with Crippen molar-refractivity contribution in [2.45, 2.75) is 18.0 Å². The van der Waals surface area contributed by atoms with Gasteiger partial charge in [-0.2, -0.15) is 13.4 Å². The second-order valence-corrected chi connectivity index (χ2v) is 10.8. The molecule has 3 aromatic carbocycles. The molecule has 1 aromatic heterocycles. The Morgan fingerprint density at radius 3 is 2.42 bits per heavy atom. The van der Waals surface area contributed by atoms with Gasteiger partial charge in [-0.25, -0.2) is 9.78 Å². The minimum atomic E-state index is -4.90. The van der Waals surface area contributed by atoms with E-state index in [0.717, 1.165) is 12.1 Å². The Morgan fingerprint density at radius 1 is 0.950 bits per heavy atom. The van der Waals surface area contributed by atoms with Crippen LogP contribution in [0.2, 0.25) is 15.1 Å². The molecule has 0 aliphatic carbocycles. The Hall–Kier alpha value is -3.84. The first-order chi connectivity index (χ1) is 18.9. The largest absolute Gasteiger partial charge is 0.486 e. The highest BCUT2D eigenvalue weighted by Gasteiger charge is 2.17. The van der Waals surface area contributed by atoms with E-state index in [4.69, 9.17) is 51.0 Å². The molecule has 2 amide bonds. The van der Waals surface area contributed by atoms with Gasteiger partial charge < -0.3 is 26.8 Å². The van der Waals surface area contributed by atoms with Crippen molar-refractivity contribution in [2.24, 2.45) is 0 Å². The van der Waals surface area contributed by atoms with Gasteiger partial charge in [-0.05, 0) is 53.6 Å². The van der Waals surface area contributed by atoms with Gasteiger partial charge in [0.15, 0.2) is 0 Å². The van der Waals surface area contributed by atoms with Crippen LogP contribution in [0, 0.1) is 0 Å². The smallest absolute Gasteiger partial charge is 0.332 e. The van der Waals surface area contributed by atoms with Crippen molar-refractivity contribution in [3.05, 3.63) is 87.0 Å². The molecule has 0 spiro atoms. The van der Waals surface area contributed by atoms with Crippen molar-refractivity contribution < 1.29 is 21.8 Å². The number of urea groups is 1. The Labute approximate surface area is 243 Å². The number of aromatic nitrogens is 2. The molecule has 40 heavy (non-hydrogen) atoms. The molecule has 0 fully saturated rings. The molecule has 4 rings (SSSR count). The number of ether oxygens (including phenoxy) is 1. The predicted molar refractivity (Wildman–Crippen MR) is 153 cm³/mol. The summed E-state index contributed by atoms with van der Waals surface area (Å²) in [7, 11) is -4.90. The lowest BCUT2D eigenvalue weighted by Gasteiger charge is -2.15. The zero-order chi connectivity index (χ0) is 29.0. The Kier molecular flexibility index (Phi) is 8.84. The highest BCUT2D eigenvalue weighted by Crippen LogP contribution is 2.34. The van der Waals surface area contributed by atoms with E-state index in [1.807, 2.05) is 0 Å². The second kappa shape index (κ2) is 12.1. The highest BCUT2D eigenvalue weighted by atomic mass is 35.5. The van der Waals surface area contributed by atoms with E-state index in [2.05, 4.69) is 20.6 Å². The molecule has 0 bridgehead atoms. The third-order valence-corrected chi connectivity index (χ3v) is 7.28. The average Bonchev–Trinajstić information content (AvgIpc) is 2.88. The number of anilines is 3.